The zero-order valence-corrected chi connectivity index (χ0v) is 18.4. The Hall–Kier alpha value is -1.50. The van der Waals surface area contributed by atoms with Crippen LogP contribution < -0.4 is 4.90 Å². The summed E-state index contributed by atoms with van der Waals surface area (Å²) in [6.07, 6.45) is 2.07. The molecule has 2 aromatic carbocycles. The number of piperazine rings is 1. The number of anilines is 1. The van der Waals surface area contributed by atoms with Crippen molar-refractivity contribution in [3.63, 3.8) is 0 Å². The predicted octanol–water partition coefficient (Wildman–Crippen LogP) is 4.15. The van der Waals surface area contributed by atoms with Crippen molar-refractivity contribution in [2.75, 3.05) is 37.3 Å². The highest BCUT2D eigenvalue weighted by Crippen LogP contribution is 2.32. The fourth-order valence-electron chi connectivity index (χ4n) is 3.76. The summed E-state index contributed by atoms with van der Waals surface area (Å²) in [5.41, 5.74) is 5.00. The average Bonchev–Trinajstić information content (AvgIpc) is 2.66. The second-order valence-corrected chi connectivity index (χ2v) is 9.88. The molecule has 0 aromatic heterocycles. The molecule has 2 aromatic rings. The summed E-state index contributed by atoms with van der Waals surface area (Å²) in [4.78, 5) is 4.02. The number of hydrogen-bond donors (Lipinski definition) is 0. The van der Waals surface area contributed by atoms with Crippen molar-refractivity contribution in [2.45, 2.75) is 37.5 Å². The molecular weight excluding hydrogens is 376 g/mol. The van der Waals surface area contributed by atoms with Crippen LogP contribution in [0, 0.1) is 27.7 Å². The van der Waals surface area contributed by atoms with Crippen molar-refractivity contribution >= 4 is 27.5 Å². The van der Waals surface area contributed by atoms with Crippen LogP contribution in [0.1, 0.15) is 22.3 Å². The molecule has 1 aliphatic heterocycles. The lowest BCUT2D eigenvalue weighted by Gasteiger charge is -2.36. The lowest BCUT2D eigenvalue weighted by molar-refractivity contribution is 0.383. The number of benzene rings is 2. The van der Waals surface area contributed by atoms with Crippen LogP contribution in [0.3, 0.4) is 0 Å². The summed E-state index contributed by atoms with van der Waals surface area (Å²) >= 11 is 1.73. The Morgan fingerprint density at radius 3 is 2.00 bits per heavy atom. The largest absolute Gasteiger partial charge is 0.368 e. The minimum absolute atomic E-state index is 0.498. The molecule has 0 radical (unpaired) electrons. The van der Waals surface area contributed by atoms with Crippen molar-refractivity contribution in [3.05, 3.63) is 52.6 Å². The Balaban J connectivity index is 1.86. The average molecular weight is 405 g/mol. The summed E-state index contributed by atoms with van der Waals surface area (Å²) in [6.45, 7) is 10.2. The molecule has 1 saturated heterocycles. The molecule has 6 heteroatoms. The summed E-state index contributed by atoms with van der Waals surface area (Å²) in [6, 6.07) is 10.4. The molecule has 0 saturated carbocycles. The van der Waals surface area contributed by atoms with Crippen molar-refractivity contribution < 1.29 is 8.42 Å². The molecule has 146 valence electrons. The molecule has 0 unspecified atom stereocenters. The number of para-hydroxylation sites is 1. The van der Waals surface area contributed by atoms with Crippen LogP contribution in [0.25, 0.3) is 0 Å². The van der Waals surface area contributed by atoms with Crippen molar-refractivity contribution in [2.24, 2.45) is 0 Å². The van der Waals surface area contributed by atoms with Crippen LogP contribution in [0.5, 0.6) is 0 Å². The van der Waals surface area contributed by atoms with E-state index in [1.165, 1.54) is 10.6 Å². The zero-order chi connectivity index (χ0) is 19.8. The number of sulfonamides is 1. The van der Waals surface area contributed by atoms with Crippen LogP contribution in [0.15, 0.2) is 40.1 Å². The first-order valence-corrected chi connectivity index (χ1v) is 11.9. The van der Waals surface area contributed by atoms with E-state index in [0.29, 0.717) is 31.1 Å². The van der Waals surface area contributed by atoms with Gasteiger partial charge in [0.05, 0.1) is 10.6 Å². The zero-order valence-electron chi connectivity index (χ0n) is 16.7. The number of rotatable bonds is 4. The molecule has 1 fully saturated rings. The maximum Gasteiger partial charge on any atom is 0.243 e. The van der Waals surface area contributed by atoms with E-state index < -0.39 is 10.0 Å². The van der Waals surface area contributed by atoms with Gasteiger partial charge in [0.1, 0.15) is 0 Å². The molecule has 0 N–H and O–H groups in total. The Labute approximate surface area is 167 Å². The molecule has 3 rings (SSSR count). The first kappa shape index (κ1) is 20.2. The SMILES string of the molecule is CSc1ccccc1N1CCN(S(=O)(=O)c2c(C)c(C)cc(C)c2C)CC1. The number of aryl methyl sites for hydroxylation is 2. The second kappa shape index (κ2) is 7.86. The van der Waals surface area contributed by atoms with E-state index in [-0.39, 0.29) is 0 Å². The van der Waals surface area contributed by atoms with Crippen LogP contribution in [-0.4, -0.2) is 45.2 Å². The molecule has 0 spiro atoms. The standard InChI is InChI=1S/C21H28N2O2S2/c1-15-14-16(2)18(4)21(17(15)3)27(24,25)23-12-10-22(11-13-23)19-8-6-7-9-20(19)26-5/h6-9,14H,10-13H2,1-5H3. The highest BCUT2D eigenvalue weighted by molar-refractivity contribution is 7.98. The fraction of sp³-hybridized carbons (Fsp3) is 0.429. The topological polar surface area (TPSA) is 40.6 Å². The Kier molecular flexibility index (Phi) is 5.89. The molecule has 27 heavy (non-hydrogen) atoms. The number of hydrogen-bond acceptors (Lipinski definition) is 4. The van der Waals surface area contributed by atoms with Gasteiger partial charge in [-0.15, -0.1) is 11.8 Å². The van der Waals surface area contributed by atoms with Crippen LogP contribution in [-0.2, 0) is 10.0 Å². The highest BCUT2D eigenvalue weighted by atomic mass is 32.2. The van der Waals surface area contributed by atoms with Gasteiger partial charge in [0, 0.05) is 31.1 Å². The first-order chi connectivity index (χ1) is 12.8. The van der Waals surface area contributed by atoms with Gasteiger partial charge < -0.3 is 4.90 Å². The van der Waals surface area contributed by atoms with Crippen molar-refractivity contribution in [3.8, 4) is 0 Å². The summed E-state index contributed by atoms with van der Waals surface area (Å²) in [5, 5.41) is 0. The summed E-state index contributed by atoms with van der Waals surface area (Å²) in [7, 11) is -3.49. The van der Waals surface area contributed by atoms with Gasteiger partial charge in [0.2, 0.25) is 10.0 Å². The third-order valence-electron chi connectivity index (χ3n) is 5.56. The van der Waals surface area contributed by atoms with Gasteiger partial charge >= 0.3 is 0 Å². The van der Waals surface area contributed by atoms with E-state index in [0.717, 1.165) is 22.3 Å². The second-order valence-electron chi connectivity index (χ2n) is 7.15. The molecule has 0 atom stereocenters. The lowest BCUT2D eigenvalue weighted by atomic mass is 10.0. The predicted molar refractivity (Wildman–Crippen MR) is 115 cm³/mol. The van der Waals surface area contributed by atoms with Crippen molar-refractivity contribution in [1.29, 1.82) is 0 Å². The number of thioether (sulfide) groups is 1. The van der Waals surface area contributed by atoms with Gasteiger partial charge in [-0.2, -0.15) is 4.31 Å². The molecule has 1 heterocycles. The Morgan fingerprint density at radius 1 is 0.889 bits per heavy atom. The smallest absolute Gasteiger partial charge is 0.243 e. The van der Waals surface area contributed by atoms with Gasteiger partial charge in [-0.1, -0.05) is 18.2 Å². The minimum Gasteiger partial charge on any atom is -0.368 e. The Morgan fingerprint density at radius 2 is 1.44 bits per heavy atom. The van der Waals surface area contributed by atoms with Crippen molar-refractivity contribution in [1.82, 2.24) is 4.31 Å². The van der Waals surface area contributed by atoms with Gasteiger partial charge in [-0.25, -0.2) is 8.42 Å². The molecule has 0 aliphatic carbocycles. The molecular formula is C21H28N2O2S2. The third kappa shape index (κ3) is 3.75. The van der Waals surface area contributed by atoms with E-state index in [2.05, 4.69) is 29.4 Å². The van der Waals surface area contributed by atoms with Crippen LogP contribution >= 0.6 is 11.8 Å². The van der Waals surface area contributed by atoms with E-state index >= 15 is 0 Å². The summed E-state index contributed by atoms with van der Waals surface area (Å²) in [5.74, 6) is 0. The molecule has 0 bridgehead atoms. The third-order valence-corrected chi connectivity index (χ3v) is 8.52. The quantitative estimate of drug-likeness (QED) is 0.718. The van der Waals surface area contributed by atoms with E-state index in [1.807, 2.05) is 39.8 Å². The van der Waals surface area contributed by atoms with Gasteiger partial charge in [0.25, 0.3) is 0 Å². The molecule has 0 amide bonds. The molecule has 4 nitrogen and oxygen atoms in total. The Bertz CT molecular complexity index is 921. The fourth-order valence-corrected chi connectivity index (χ4v) is 6.38. The van der Waals surface area contributed by atoms with Gasteiger partial charge in [0.15, 0.2) is 0 Å². The normalized spacial score (nSPS) is 16.0. The van der Waals surface area contributed by atoms with E-state index in [9.17, 15) is 8.42 Å². The van der Waals surface area contributed by atoms with Gasteiger partial charge in [-0.3, -0.25) is 0 Å². The summed E-state index contributed by atoms with van der Waals surface area (Å²) < 4.78 is 28.5. The van der Waals surface area contributed by atoms with E-state index in [1.54, 1.807) is 16.1 Å². The maximum atomic E-state index is 13.4. The van der Waals surface area contributed by atoms with Crippen LogP contribution in [0.4, 0.5) is 5.69 Å². The van der Waals surface area contributed by atoms with E-state index in [4.69, 9.17) is 0 Å². The van der Waals surface area contributed by atoms with Gasteiger partial charge in [-0.05, 0) is 68.3 Å². The number of nitrogens with zero attached hydrogens (tertiary/aromatic N) is 2. The lowest BCUT2D eigenvalue weighted by Crippen LogP contribution is -2.49. The maximum absolute atomic E-state index is 13.4. The van der Waals surface area contributed by atoms with Crippen LogP contribution in [0.2, 0.25) is 0 Å². The highest BCUT2D eigenvalue weighted by Gasteiger charge is 2.32. The first-order valence-electron chi connectivity index (χ1n) is 9.23. The molecule has 1 aliphatic rings. The monoisotopic (exact) mass is 404 g/mol. The minimum atomic E-state index is -3.49.